The van der Waals surface area contributed by atoms with E-state index in [9.17, 15) is 10.1 Å². The van der Waals surface area contributed by atoms with Gasteiger partial charge in [0.1, 0.15) is 0 Å². The molecule has 0 atom stereocenters. The molecule has 0 aliphatic heterocycles. The fourth-order valence-corrected chi connectivity index (χ4v) is 1.39. The number of nitro benzene ring substituents is 1. The van der Waals surface area contributed by atoms with E-state index in [0.29, 0.717) is 24.5 Å². The lowest BCUT2D eigenvalue weighted by Crippen LogP contribution is -2.10. The molecule has 100 valence electrons. The molecule has 1 aromatic rings. The van der Waals surface area contributed by atoms with E-state index in [1.54, 1.807) is 6.07 Å². The van der Waals surface area contributed by atoms with Crippen LogP contribution in [0.3, 0.4) is 0 Å². The summed E-state index contributed by atoms with van der Waals surface area (Å²) in [5, 5.41) is 10.6. The van der Waals surface area contributed by atoms with Gasteiger partial charge in [0.25, 0.3) is 5.69 Å². The van der Waals surface area contributed by atoms with Gasteiger partial charge in [-0.05, 0) is 17.9 Å². The van der Waals surface area contributed by atoms with Crippen molar-refractivity contribution in [2.45, 2.75) is 33.8 Å². The van der Waals surface area contributed by atoms with Crippen LogP contribution in [0.25, 0.3) is 0 Å². The van der Waals surface area contributed by atoms with Crippen LogP contribution in [-0.2, 0) is 11.3 Å². The molecule has 0 radical (unpaired) electrons. The van der Waals surface area contributed by atoms with Gasteiger partial charge in [0.05, 0.1) is 11.5 Å². The second-order valence-corrected chi connectivity index (χ2v) is 5.50. The molecular weight excluding hydrogens is 232 g/mol. The fourth-order valence-electron chi connectivity index (χ4n) is 1.39. The molecule has 0 saturated heterocycles. The number of nitrogens with zero attached hydrogens (tertiary/aromatic N) is 1. The van der Waals surface area contributed by atoms with Crippen LogP contribution in [0.4, 0.5) is 11.4 Å². The first-order chi connectivity index (χ1) is 8.29. The van der Waals surface area contributed by atoms with Gasteiger partial charge in [-0.1, -0.05) is 20.8 Å². The van der Waals surface area contributed by atoms with Crippen molar-refractivity contribution >= 4 is 11.4 Å². The zero-order valence-electron chi connectivity index (χ0n) is 11.1. The third-order valence-electron chi connectivity index (χ3n) is 2.59. The maximum Gasteiger partial charge on any atom is 0.269 e. The first-order valence-corrected chi connectivity index (χ1v) is 5.90. The highest BCUT2D eigenvalue weighted by atomic mass is 16.6. The number of hydrogen-bond donors (Lipinski definition) is 1. The molecule has 5 nitrogen and oxygen atoms in total. The summed E-state index contributed by atoms with van der Waals surface area (Å²) in [5.41, 5.74) is 7.20. The van der Waals surface area contributed by atoms with Gasteiger partial charge in [-0.2, -0.15) is 0 Å². The monoisotopic (exact) mass is 252 g/mol. The normalized spacial score (nSPS) is 11.5. The maximum absolute atomic E-state index is 10.6. The van der Waals surface area contributed by atoms with Crippen LogP contribution in [0.5, 0.6) is 0 Å². The van der Waals surface area contributed by atoms with E-state index < -0.39 is 4.92 Å². The van der Waals surface area contributed by atoms with E-state index in [0.717, 1.165) is 6.42 Å². The summed E-state index contributed by atoms with van der Waals surface area (Å²) in [6, 6.07) is 4.40. The molecule has 0 heterocycles. The minimum absolute atomic E-state index is 0.0404. The van der Waals surface area contributed by atoms with Crippen molar-refractivity contribution in [1.82, 2.24) is 0 Å². The smallest absolute Gasteiger partial charge is 0.269 e. The molecule has 0 spiro atoms. The molecular formula is C13H20N2O3. The number of benzene rings is 1. The van der Waals surface area contributed by atoms with Gasteiger partial charge in [-0.3, -0.25) is 10.1 Å². The number of non-ortho nitro benzene ring substituents is 1. The van der Waals surface area contributed by atoms with Crippen LogP contribution >= 0.6 is 0 Å². The van der Waals surface area contributed by atoms with Crippen LogP contribution in [0.2, 0.25) is 0 Å². The number of nitrogens with two attached hydrogens (primary N) is 1. The Bertz CT molecular complexity index is 425. The summed E-state index contributed by atoms with van der Waals surface area (Å²) in [7, 11) is 0. The van der Waals surface area contributed by atoms with Crippen LogP contribution < -0.4 is 5.73 Å². The topological polar surface area (TPSA) is 78.4 Å². The highest BCUT2D eigenvalue weighted by Crippen LogP contribution is 2.22. The molecule has 0 aromatic heterocycles. The standard InChI is InChI=1S/C13H20N2O3/c1-13(2,3)6-7-18-9-10-8-11(15(16)17)4-5-12(10)14/h4-5,8H,6-7,9,14H2,1-3H3. The Morgan fingerprint density at radius 1 is 1.39 bits per heavy atom. The molecule has 1 rings (SSSR count). The van der Waals surface area contributed by atoms with Crippen molar-refractivity contribution in [3.05, 3.63) is 33.9 Å². The van der Waals surface area contributed by atoms with Crippen molar-refractivity contribution in [2.75, 3.05) is 12.3 Å². The zero-order chi connectivity index (χ0) is 13.8. The van der Waals surface area contributed by atoms with E-state index in [-0.39, 0.29) is 11.1 Å². The minimum Gasteiger partial charge on any atom is -0.398 e. The van der Waals surface area contributed by atoms with Crippen LogP contribution in [0.15, 0.2) is 18.2 Å². The van der Waals surface area contributed by atoms with Crippen LogP contribution in [-0.4, -0.2) is 11.5 Å². The Labute approximate surface area is 107 Å². The van der Waals surface area contributed by atoms with Crippen molar-refractivity contribution in [2.24, 2.45) is 5.41 Å². The molecule has 0 aliphatic rings. The Morgan fingerprint density at radius 3 is 2.61 bits per heavy atom. The maximum atomic E-state index is 10.6. The summed E-state index contributed by atoms with van der Waals surface area (Å²) in [5.74, 6) is 0. The largest absolute Gasteiger partial charge is 0.398 e. The number of nitro groups is 1. The predicted molar refractivity (Wildman–Crippen MR) is 71.2 cm³/mol. The summed E-state index contributed by atoms with van der Waals surface area (Å²) in [6.07, 6.45) is 0.932. The number of ether oxygens (including phenoxy) is 1. The molecule has 0 amide bonds. The summed E-state index contributed by atoms with van der Waals surface area (Å²) >= 11 is 0. The summed E-state index contributed by atoms with van der Waals surface area (Å²) < 4.78 is 5.51. The minimum atomic E-state index is -0.432. The predicted octanol–water partition coefficient (Wildman–Crippen LogP) is 3.13. The van der Waals surface area contributed by atoms with E-state index >= 15 is 0 Å². The average molecular weight is 252 g/mol. The lowest BCUT2D eigenvalue weighted by Gasteiger charge is -2.17. The van der Waals surface area contributed by atoms with Gasteiger partial charge >= 0.3 is 0 Å². The molecule has 5 heteroatoms. The molecule has 0 fully saturated rings. The van der Waals surface area contributed by atoms with Crippen LogP contribution in [0, 0.1) is 15.5 Å². The first kappa shape index (κ1) is 14.4. The first-order valence-electron chi connectivity index (χ1n) is 5.90. The zero-order valence-corrected chi connectivity index (χ0v) is 11.1. The van der Waals surface area contributed by atoms with Crippen molar-refractivity contribution < 1.29 is 9.66 Å². The number of rotatable bonds is 5. The van der Waals surface area contributed by atoms with E-state index in [4.69, 9.17) is 10.5 Å². The van der Waals surface area contributed by atoms with Crippen molar-refractivity contribution in [3.8, 4) is 0 Å². The molecule has 0 unspecified atom stereocenters. The summed E-state index contributed by atoms with van der Waals surface area (Å²) in [6.45, 7) is 7.34. The summed E-state index contributed by atoms with van der Waals surface area (Å²) in [4.78, 5) is 10.2. The second-order valence-electron chi connectivity index (χ2n) is 5.50. The van der Waals surface area contributed by atoms with Gasteiger partial charge in [-0.15, -0.1) is 0 Å². The lowest BCUT2D eigenvalue weighted by molar-refractivity contribution is -0.384. The van der Waals surface area contributed by atoms with Crippen molar-refractivity contribution in [1.29, 1.82) is 0 Å². The van der Waals surface area contributed by atoms with Gasteiger partial charge in [0.2, 0.25) is 0 Å². The van der Waals surface area contributed by atoms with Gasteiger partial charge < -0.3 is 10.5 Å². The molecule has 18 heavy (non-hydrogen) atoms. The lowest BCUT2D eigenvalue weighted by atomic mass is 9.93. The molecule has 0 bridgehead atoms. The molecule has 1 aromatic carbocycles. The third kappa shape index (κ3) is 4.71. The average Bonchev–Trinajstić information content (AvgIpc) is 2.24. The molecule has 0 aliphatic carbocycles. The molecule has 0 saturated carbocycles. The SMILES string of the molecule is CC(C)(C)CCOCc1cc([N+](=O)[O-])ccc1N. The van der Waals surface area contributed by atoms with Crippen molar-refractivity contribution in [3.63, 3.8) is 0 Å². The second kappa shape index (κ2) is 5.82. The number of nitrogen functional groups attached to an aromatic ring is 1. The highest BCUT2D eigenvalue weighted by Gasteiger charge is 2.11. The van der Waals surface area contributed by atoms with Gasteiger partial charge in [0, 0.05) is 30.0 Å². The Kier molecular flexibility index (Phi) is 4.67. The highest BCUT2D eigenvalue weighted by molar-refractivity contribution is 5.52. The Balaban J connectivity index is 2.56. The van der Waals surface area contributed by atoms with Crippen LogP contribution in [0.1, 0.15) is 32.8 Å². The van der Waals surface area contributed by atoms with Gasteiger partial charge in [0.15, 0.2) is 0 Å². The van der Waals surface area contributed by atoms with E-state index in [1.807, 2.05) is 0 Å². The van der Waals surface area contributed by atoms with E-state index in [2.05, 4.69) is 20.8 Å². The fraction of sp³-hybridized carbons (Fsp3) is 0.538. The Hall–Kier alpha value is -1.62. The number of hydrogen-bond acceptors (Lipinski definition) is 4. The quantitative estimate of drug-likeness (QED) is 0.378. The molecule has 2 N–H and O–H groups in total. The number of anilines is 1. The third-order valence-corrected chi connectivity index (χ3v) is 2.59. The Morgan fingerprint density at radius 2 is 2.06 bits per heavy atom. The van der Waals surface area contributed by atoms with Gasteiger partial charge in [-0.25, -0.2) is 0 Å². The van der Waals surface area contributed by atoms with E-state index in [1.165, 1.54) is 12.1 Å².